The number of benzene rings is 1. The highest BCUT2D eigenvalue weighted by Crippen LogP contribution is 2.25. The van der Waals surface area contributed by atoms with Gasteiger partial charge in [-0.2, -0.15) is 0 Å². The third-order valence-electron chi connectivity index (χ3n) is 3.15. The Balaban J connectivity index is 2.19. The second kappa shape index (κ2) is 4.63. The molecule has 1 unspecified atom stereocenters. The molecule has 1 heteroatoms. The fraction of sp³-hybridized carbons (Fsp3) is 0.429. The molecule has 1 saturated heterocycles. The van der Waals surface area contributed by atoms with Gasteiger partial charge in [-0.1, -0.05) is 36.4 Å². The third kappa shape index (κ3) is 2.48. The maximum Gasteiger partial charge on any atom is 0.00201 e. The molecule has 1 atom stereocenters. The van der Waals surface area contributed by atoms with Crippen LogP contribution in [-0.4, -0.2) is 13.1 Å². The smallest absolute Gasteiger partial charge is 0.00201 e. The molecule has 1 aliphatic heterocycles. The molecule has 0 amide bonds. The van der Waals surface area contributed by atoms with E-state index in [4.69, 9.17) is 0 Å². The second-order valence-electron chi connectivity index (χ2n) is 4.45. The normalized spacial score (nSPS) is 21.3. The molecule has 1 fully saturated rings. The van der Waals surface area contributed by atoms with E-state index in [-0.39, 0.29) is 0 Å². The predicted octanol–water partition coefficient (Wildman–Crippen LogP) is 3.19. The molecular formula is C14H19N. The van der Waals surface area contributed by atoms with Crippen molar-refractivity contribution in [3.8, 4) is 0 Å². The Morgan fingerprint density at radius 3 is 3.00 bits per heavy atom. The van der Waals surface area contributed by atoms with Crippen LogP contribution >= 0.6 is 0 Å². The number of piperidine rings is 1. The maximum atomic E-state index is 4.00. The number of nitrogens with one attached hydrogen (secondary N) is 1. The van der Waals surface area contributed by atoms with Crippen LogP contribution in [0.4, 0.5) is 0 Å². The molecule has 15 heavy (non-hydrogen) atoms. The molecule has 0 saturated carbocycles. The van der Waals surface area contributed by atoms with Gasteiger partial charge in [-0.05, 0) is 43.4 Å². The van der Waals surface area contributed by atoms with Crippen molar-refractivity contribution in [1.82, 2.24) is 5.32 Å². The first-order valence-electron chi connectivity index (χ1n) is 5.74. The van der Waals surface area contributed by atoms with E-state index in [9.17, 15) is 0 Å². The zero-order chi connectivity index (χ0) is 10.7. The SMILES string of the molecule is C=C(C)c1cccc(C2CCCNC2)c1. The van der Waals surface area contributed by atoms with Crippen molar-refractivity contribution in [2.75, 3.05) is 13.1 Å². The molecule has 1 heterocycles. The van der Waals surface area contributed by atoms with Crippen LogP contribution in [0.5, 0.6) is 0 Å². The molecular weight excluding hydrogens is 182 g/mol. The van der Waals surface area contributed by atoms with E-state index in [1.165, 1.54) is 30.5 Å². The fourth-order valence-corrected chi connectivity index (χ4v) is 2.19. The summed E-state index contributed by atoms with van der Waals surface area (Å²) in [5.74, 6) is 0.693. The van der Waals surface area contributed by atoms with Crippen LogP contribution in [0.2, 0.25) is 0 Å². The zero-order valence-electron chi connectivity index (χ0n) is 9.42. The minimum absolute atomic E-state index is 0.693. The van der Waals surface area contributed by atoms with Crippen molar-refractivity contribution >= 4 is 5.57 Å². The van der Waals surface area contributed by atoms with Crippen LogP contribution in [0.1, 0.15) is 36.8 Å². The summed E-state index contributed by atoms with van der Waals surface area (Å²) in [4.78, 5) is 0. The maximum absolute atomic E-state index is 4.00. The number of rotatable bonds is 2. The van der Waals surface area contributed by atoms with Crippen molar-refractivity contribution in [3.05, 3.63) is 42.0 Å². The summed E-state index contributed by atoms with van der Waals surface area (Å²) in [6.45, 7) is 8.37. The van der Waals surface area contributed by atoms with Crippen LogP contribution in [0, 0.1) is 0 Å². The summed E-state index contributed by atoms with van der Waals surface area (Å²) in [6, 6.07) is 8.82. The molecule has 0 aromatic heterocycles. The van der Waals surface area contributed by atoms with Crippen molar-refractivity contribution in [2.45, 2.75) is 25.7 Å². The van der Waals surface area contributed by atoms with Gasteiger partial charge < -0.3 is 5.32 Å². The molecule has 1 aliphatic rings. The van der Waals surface area contributed by atoms with Gasteiger partial charge in [0.25, 0.3) is 0 Å². The Hall–Kier alpha value is -1.08. The highest BCUT2D eigenvalue weighted by Gasteiger charge is 2.14. The fourth-order valence-electron chi connectivity index (χ4n) is 2.19. The first kappa shape index (κ1) is 10.4. The van der Waals surface area contributed by atoms with E-state index in [1.807, 2.05) is 0 Å². The minimum atomic E-state index is 0.693. The lowest BCUT2D eigenvalue weighted by atomic mass is 9.90. The molecule has 0 bridgehead atoms. The summed E-state index contributed by atoms with van der Waals surface area (Å²) in [7, 11) is 0. The molecule has 0 aliphatic carbocycles. The summed E-state index contributed by atoms with van der Waals surface area (Å²) in [6.07, 6.45) is 2.61. The molecule has 0 radical (unpaired) electrons. The summed E-state index contributed by atoms with van der Waals surface area (Å²) in [5, 5.41) is 3.46. The second-order valence-corrected chi connectivity index (χ2v) is 4.45. The van der Waals surface area contributed by atoms with E-state index < -0.39 is 0 Å². The van der Waals surface area contributed by atoms with Crippen molar-refractivity contribution in [1.29, 1.82) is 0 Å². The topological polar surface area (TPSA) is 12.0 Å². The van der Waals surface area contributed by atoms with E-state index in [2.05, 4.69) is 43.1 Å². The Bertz CT molecular complexity index is 348. The average molecular weight is 201 g/mol. The molecule has 80 valence electrons. The molecule has 0 spiro atoms. The molecule has 1 aromatic rings. The van der Waals surface area contributed by atoms with Crippen molar-refractivity contribution in [2.24, 2.45) is 0 Å². The highest BCUT2D eigenvalue weighted by molar-refractivity contribution is 5.61. The lowest BCUT2D eigenvalue weighted by Gasteiger charge is -2.23. The van der Waals surface area contributed by atoms with E-state index in [0.29, 0.717) is 5.92 Å². The van der Waals surface area contributed by atoms with Crippen LogP contribution in [0.15, 0.2) is 30.8 Å². The van der Waals surface area contributed by atoms with E-state index in [1.54, 1.807) is 0 Å². The zero-order valence-corrected chi connectivity index (χ0v) is 9.42. The van der Waals surface area contributed by atoms with Gasteiger partial charge in [0.2, 0.25) is 0 Å². The standard InChI is InChI=1S/C14H19N/c1-11(2)12-5-3-6-13(9-12)14-7-4-8-15-10-14/h3,5-6,9,14-15H,1,4,7-8,10H2,2H3. The van der Waals surface area contributed by atoms with Crippen LogP contribution in [0.3, 0.4) is 0 Å². The molecule has 1 aromatic carbocycles. The van der Waals surface area contributed by atoms with Gasteiger partial charge in [0.1, 0.15) is 0 Å². The highest BCUT2D eigenvalue weighted by atomic mass is 14.9. The van der Waals surface area contributed by atoms with E-state index >= 15 is 0 Å². The van der Waals surface area contributed by atoms with Gasteiger partial charge in [0.15, 0.2) is 0 Å². The van der Waals surface area contributed by atoms with Crippen molar-refractivity contribution < 1.29 is 0 Å². The summed E-state index contributed by atoms with van der Waals surface area (Å²) in [5.41, 5.74) is 3.89. The van der Waals surface area contributed by atoms with E-state index in [0.717, 1.165) is 12.1 Å². The van der Waals surface area contributed by atoms with Gasteiger partial charge in [-0.25, -0.2) is 0 Å². The van der Waals surface area contributed by atoms with Gasteiger partial charge in [-0.3, -0.25) is 0 Å². The number of hydrogen-bond donors (Lipinski definition) is 1. The first-order valence-corrected chi connectivity index (χ1v) is 5.74. The van der Waals surface area contributed by atoms with Gasteiger partial charge >= 0.3 is 0 Å². The van der Waals surface area contributed by atoms with Gasteiger partial charge in [-0.15, -0.1) is 0 Å². The molecule has 1 N–H and O–H groups in total. The Labute approximate surface area is 92.2 Å². The molecule has 1 nitrogen and oxygen atoms in total. The number of hydrogen-bond acceptors (Lipinski definition) is 1. The lowest BCUT2D eigenvalue weighted by Crippen LogP contribution is -2.28. The van der Waals surface area contributed by atoms with Gasteiger partial charge in [0, 0.05) is 6.54 Å². The quantitative estimate of drug-likeness (QED) is 0.775. The monoisotopic (exact) mass is 201 g/mol. The Morgan fingerprint density at radius 2 is 2.33 bits per heavy atom. The van der Waals surface area contributed by atoms with Crippen molar-refractivity contribution in [3.63, 3.8) is 0 Å². The lowest BCUT2D eigenvalue weighted by molar-refractivity contribution is 0.461. The van der Waals surface area contributed by atoms with Crippen LogP contribution in [-0.2, 0) is 0 Å². The predicted molar refractivity (Wildman–Crippen MR) is 66.0 cm³/mol. The average Bonchev–Trinajstić information content (AvgIpc) is 2.30. The minimum Gasteiger partial charge on any atom is -0.316 e. The van der Waals surface area contributed by atoms with Crippen LogP contribution < -0.4 is 5.32 Å². The molecule has 2 rings (SSSR count). The van der Waals surface area contributed by atoms with Crippen LogP contribution in [0.25, 0.3) is 5.57 Å². The first-order chi connectivity index (χ1) is 7.27. The number of allylic oxidation sites excluding steroid dienone is 1. The summed E-state index contributed by atoms with van der Waals surface area (Å²) < 4.78 is 0. The summed E-state index contributed by atoms with van der Waals surface area (Å²) >= 11 is 0. The third-order valence-corrected chi connectivity index (χ3v) is 3.15. The Morgan fingerprint density at radius 1 is 1.47 bits per heavy atom. The Kier molecular flexibility index (Phi) is 3.22. The van der Waals surface area contributed by atoms with Gasteiger partial charge in [0.05, 0.1) is 0 Å². The largest absolute Gasteiger partial charge is 0.316 e.